The topological polar surface area (TPSA) is 63.8 Å². The first-order chi connectivity index (χ1) is 9.70. The van der Waals surface area contributed by atoms with E-state index in [4.69, 9.17) is 4.52 Å². The molecule has 0 aliphatic carbocycles. The molecule has 20 heavy (non-hydrogen) atoms. The fourth-order valence-electron chi connectivity index (χ4n) is 2.11. The minimum absolute atomic E-state index is 0.574. The van der Waals surface area contributed by atoms with Gasteiger partial charge < -0.3 is 9.84 Å². The van der Waals surface area contributed by atoms with Crippen molar-refractivity contribution in [3.63, 3.8) is 0 Å². The number of rotatable bonds is 4. The van der Waals surface area contributed by atoms with Gasteiger partial charge in [-0.15, -0.1) is 0 Å². The molecule has 0 saturated carbocycles. The van der Waals surface area contributed by atoms with E-state index in [1.54, 1.807) is 0 Å². The third-order valence-corrected chi connectivity index (χ3v) is 3.07. The second-order valence-corrected chi connectivity index (χ2v) is 4.82. The van der Waals surface area contributed by atoms with Gasteiger partial charge in [-0.1, -0.05) is 17.3 Å². The van der Waals surface area contributed by atoms with Crippen LogP contribution in [0.2, 0.25) is 0 Å². The summed E-state index contributed by atoms with van der Waals surface area (Å²) in [6, 6.07) is 10.4. The summed E-state index contributed by atoms with van der Waals surface area (Å²) < 4.78 is 5.05. The fourth-order valence-corrected chi connectivity index (χ4v) is 2.11. The molecule has 0 aliphatic rings. The Kier molecular flexibility index (Phi) is 3.43. The van der Waals surface area contributed by atoms with Crippen molar-refractivity contribution in [2.24, 2.45) is 0 Å². The Morgan fingerprint density at radius 1 is 1.05 bits per heavy atom. The third-order valence-electron chi connectivity index (χ3n) is 3.07. The van der Waals surface area contributed by atoms with E-state index < -0.39 is 0 Å². The van der Waals surface area contributed by atoms with E-state index in [0.717, 1.165) is 23.1 Å². The molecule has 1 aromatic carbocycles. The van der Waals surface area contributed by atoms with E-state index in [9.17, 15) is 0 Å². The molecule has 102 valence electrons. The first-order valence-corrected chi connectivity index (χ1v) is 6.57. The van der Waals surface area contributed by atoms with Crippen LogP contribution in [0.4, 0.5) is 0 Å². The molecule has 0 unspecified atom stereocenters. The van der Waals surface area contributed by atoms with Gasteiger partial charge in [0.15, 0.2) is 5.82 Å². The van der Waals surface area contributed by atoms with Gasteiger partial charge in [-0.3, -0.25) is 4.98 Å². The van der Waals surface area contributed by atoms with Crippen LogP contribution in [0.15, 0.2) is 34.9 Å². The first-order valence-electron chi connectivity index (χ1n) is 6.57. The molecule has 5 heteroatoms. The Hall–Kier alpha value is -2.27. The Morgan fingerprint density at radius 2 is 1.95 bits per heavy atom. The van der Waals surface area contributed by atoms with E-state index in [1.165, 1.54) is 5.56 Å². The average Bonchev–Trinajstić information content (AvgIpc) is 2.85. The predicted octanol–water partition coefficient (Wildman–Crippen LogP) is 2.52. The van der Waals surface area contributed by atoms with E-state index in [2.05, 4.69) is 44.7 Å². The van der Waals surface area contributed by atoms with Crippen molar-refractivity contribution < 1.29 is 4.52 Å². The van der Waals surface area contributed by atoms with Crippen molar-refractivity contribution in [3.05, 3.63) is 53.3 Å². The van der Waals surface area contributed by atoms with Crippen molar-refractivity contribution in [2.75, 3.05) is 0 Å². The van der Waals surface area contributed by atoms with Crippen LogP contribution in [-0.2, 0) is 13.1 Å². The summed E-state index contributed by atoms with van der Waals surface area (Å²) in [5.41, 5.74) is 3.27. The smallest absolute Gasteiger partial charge is 0.240 e. The van der Waals surface area contributed by atoms with Crippen LogP contribution in [0, 0.1) is 13.8 Å². The summed E-state index contributed by atoms with van der Waals surface area (Å²) in [6.07, 6.45) is 0. The second-order valence-electron chi connectivity index (χ2n) is 4.82. The number of aryl methyl sites for hydroxylation is 2. The van der Waals surface area contributed by atoms with Crippen LogP contribution < -0.4 is 5.32 Å². The lowest BCUT2D eigenvalue weighted by molar-refractivity contribution is 0.364. The van der Waals surface area contributed by atoms with Gasteiger partial charge in [0.2, 0.25) is 5.89 Å². The van der Waals surface area contributed by atoms with Gasteiger partial charge in [-0.05, 0) is 37.6 Å². The van der Waals surface area contributed by atoms with Crippen LogP contribution in [0.25, 0.3) is 10.9 Å². The maximum absolute atomic E-state index is 5.05. The summed E-state index contributed by atoms with van der Waals surface area (Å²) in [6.45, 7) is 5.14. The van der Waals surface area contributed by atoms with Gasteiger partial charge in [0, 0.05) is 17.6 Å². The quantitative estimate of drug-likeness (QED) is 0.787. The Morgan fingerprint density at radius 3 is 2.75 bits per heavy atom. The summed E-state index contributed by atoms with van der Waals surface area (Å²) in [4.78, 5) is 8.64. The Labute approximate surface area is 117 Å². The van der Waals surface area contributed by atoms with Crippen LogP contribution in [0.5, 0.6) is 0 Å². The highest BCUT2D eigenvalue weighted by Gasteiger charge is 2.02. The maximum atomic E-state index is 5.05. The number of benzene rings is 1. The van der Waals surface area contributed by atoms with Crippen molar-refractivity contribution in [2.45, 2.75) is 26.9 Å². The standard InChI is InChI=1S/C15H16N4O/c1-10-3-5-13-7-12(4-6-14(13)17-10)8-16-9-15-18-11(2)19-20-15/h3-7,16H,8-9H2,1-2H3. The summed E-state index contributed by atoms with van der Waals surface area (Å²) >= 11 is 0. The molecular weight excluding hydrogens is 252 g/mol. The number of nitrogens with zero attached hydrogens (tertiary/aromatic N) is 3. The van der Waals surface area contributed by atoms with Gasteiger partial charge in [0.25, 0.3) is 0 Å². The second kappa shape index (κ2) is 5.38. The molecule has 3 rings (SSSR count). The van der Waals surface area contributed by atoms with Gasteiger partial charge in [-0.25, -0.2) is 0 Å². The monoisotopic (exact) mass is 268 g/mol. The number of pyridine rings is 1. The fraction of sp³-hybridized carbons (Fsp3) is 0.267. The average molecular weight is 268 g/mol. The summed E-state index contributed by atoms with van der Waals surface area (Å²) in [7, 11) is 0. The van der Waals surface area contributed by atoms with Crippen molar-refractivity contribution in [1.82, 2.24) is 20.4 Å². The molecule has 0 spiro atoms. The third kappa shape index (κ3) is 2.83. The van der Waals surface area contributed by atoms with Crippen LogP contribution in [0.3, 0.4) is 0 Å². The molecule has 2 heterocycles. The molecule has 0 fully saturated rings. The zero-order valence-corrected chi connectivity index (χ0v) is 11.6. The van der Waals surface area contributed by atoms with E-state index in [1.807, 2.05) is 19.9 Å². The van der Waals surface area contributed by atoms with Gasteiger partial charge in [-0.2, -0.15) is 4.98 Å². The molecule has 0 aliphatic heterocycles. The number of hydrogen-bond donors (Lipinski definition) is 1. The minimum Gasteiger partial charge on any atom is -0.338 e. The molecule has 0 bridgehead atoms. The molecule has 0 saturated heterocycles. The van der Waals surface area contributed by atoms with Crippen molar-refractivity contribution in [3.8, 4) is 0 Å². The van der Waals surface area contributed by atoms with Crippen LogP contribution in [-0.4, -0.2) is 15.1 Å². The van der Waals surface area contributed by atoms with Gasteiger partial charge in [0.05, 0.1) is 12.1 Å². The van der Waals surface area contributed by atoms with E-state index in [0.29, 0.717) is 18.3 Å². The number of nitrogens with one attached hydrogen (secondary N) is 1. The number of hydrogen-bond acceptors (Lipinski definition) is 5. The Bertz CT molecular complexity index is 736. The van der Waals surface area contributed by atoms with Crippen molar-refractivity contribution >= 4 is 10.9 Å². The highest BCUT2D eigenvalue weighted by atomic mass is 16.5. The SMILES string of the molecule is Cc1ccc2cc(CNCc3nc(C)no3)ccc2n1. The summed E-state index contributed by atoms with van der Waals surface area (Å²) in [5, 5.41) is 8.20. The highest BCUT2D eigenvalue weighted by Crippen LogP contribution is 2.14. The van der Waals surface area contributed by atoms with Crippen molar-refractivity contribution in [1.29, 1.82) is 0 Å². The molecule has 3 aromatic rings. The minimum atomic E-state index is 0.574. The molecular formula is C15H16N4O. The van der Waals surface area contributed by atoms with E-state index in [-0.39, 0.29) is 0 Å². The lowest BCUT2D eigenvalue weighted by Crippen LogP contribution is -2.12. The lowest BCUT2D eigenvalue weighted by atomic mass is 10.1. The molecule has 5 nitrogen and oxygen atoms in total. The first kappa shape index (κ1) is 12.7. The highest BCUT2D eigenvalue weighted by molar-refractivity contribution is 5.79. The number of fused-ring (bicyclic) bond motifs is 1. The van der Waals surface area contributed by atoms with Gasteiger partial charge in [0.1, 0.15) is 0 Å². The maximum Gasteiger partial charge on any atom is 0.240 e. The molecule has 2 aromatic heterocycles. The van der Waals surface area contributed by atoms with E-state index >= 15 is 0 Å². The Balaban J connectivity index is 1.67. The predicted molar refractivity (Wildman–Crippen MR) is 76.1 cm³/mol. The number of aromatic nitrogens is 3. The summed E-state index contributed by atoms with van der Waals surface area (Å²) in [5.74, 6) is 1.27. The van der Waals surface area contributed by atoms with Crippen LogP contribution >= 0.6 is 0 Å². The van der Waals surface area contributed by atoms with Crippen LogP contribution in [0.1, 0.15) is 23.0 Å². The molecule has 0 atom stereocenters. The normalized spacial score (nSPS) is 11.1. The zero-order valence-electron chi connectivity index (χ0n) is 11.6. The molecule has 0 amide bonds. The molecule has 1 N–H and O–H groups in total. The largest absolute Gasteiger partial charge is 0.338 e. The molecule has 0 radical (unpaired) electrons. The zero-order chi connectivity index (χ0) is 13.9. The van der Waals surface area contributed by atoms with Gasteiger partial charge >= 0.3 is 0 Å². The lowest BCUT2D eigenvalue weighted by Gasteiger charge is -2.04.